The van der Waals surface area contributed by atoms with Crippen LogP contribution >= 0.6 is 12.2 Å². The number of nitrogens with zero attached hydrogens (tertiary/aromatic N) is 1. The van der Waals surface area contributed by atoms with Gasteiger partial charge in [-0.3, -0.25) is 0 Å². The molecule has 0 aromatic carbocycles. The van der Waals surface area contributed by atoms with Crippen molar-refractivity contribution in [2.24, 2.45) is 0 Å². The van der Waals surface area contributed by atoms with Gasteiger partial charge in [0, 0.05) is 14.1 Å². The van der Waals surface area contributed by atoms with Crippen LogP contribution in [0.5, 0.6) is 0 Å². The molecule has 0 amide bonds. The Morgan fingerprint density at radius 1 is 1.57 bits per heavy atom. The molecule has 0 aliphatic rings. The first-order valence-corrected chi connectivity index (χ1v) is 2.34. The third-order valence-electron chi connectivity index (χ3n) is 0.365. The Morgan fingerprint density at radius 2 is 1.71 bits per heavy atom. The zero-order valence-corrected chi connectivity index (χ0v) is 11.3. The summed E-state index contributed by atoms with van der Waals surface area (Å²) in [5.41, 5.74) is 0. The van der Waals surface area contributed by atoms with Crippen molar-refractivity contribution in [3.05, 3.63) is 0 Å². The van der Waals surface area contributed by atoms with Crippen LogP contribution in [0.25, 0.3) is 0 Å². The number of hydrogen-bond donors (Lipinski definition) is 0. The third-order valence-corrected chi connectivity index (χ3v) is 1.10. The molecule has 0 spiro atoms. The molecule has 0 aliphatic heterocycles. The van der Waals surface area contributed by atoms with Crippen molar-refractivity contribution < 1.29 is 58.2 Å². The quantitative estimate of drug-likeness (QED) is 0.315. The fraction of sp³-hybridized carbons (Fsp3) is 0.667. The summed E-state index contributed by atoms with van der Waals surface area (Å²) in [7, 11) is 3.66. The van der Waals surface area contributed by atoms with Crippen molar-refractivity contribution in [3.63, 3.8) is 0 Å². The molecule has 0 N–H and O–H groups in total. The zero-order chi connectivity index (χ0) is 5.15. The first kappa shape index (κ1) is 11.7. The maximum absolute atomic E-state index is 4.56. The Bertz CT molecular complexity index is 64.0. The Labute approximate surface area is 104 Å². The Morgan fingerprint density at radius 3 is 1.71 bits per heavy atom. The van der Waals surface area contributed by atoms with Gasteiger partial charge in [0.1, 0.15) is 0 Å². The standard InChI is InChI=1S/C3H7NS2.Rb/c1-4(2)3(5)6;/h1-2H3,(H,5,6);/q;+1/p-1. The first-order valence-electron chi connectivity index (χ1n) is 1.53. The molecule has 0 rings (SSSR count). The maximum Gasteiger partial charge on any atom is 1.00 e. The Balaban J connectivity index is 0. The Hall–Kier alpha value is 1.92. The summed E-state index contributed by atoms with van der Waals surface area (Å²) in [6, 6.07) is 0. The number of hydrogen-bond acceptors (Lipinski definition) is 2. The van der Waals surface area contributed by atoms with Gasteiger partial charge >= 0.3 is 58.2 Å². The predicted octanol–water partition coefficient (Wildman–Crippen LogP) is -2.62. The average Bonchev–Trinajstić information content (AvgIpc) is 1.36. The van der Waals surface area contributed by atoms with E-state index in [0.29, 0.717) is 4.32 Å². The monoisotopic (exact) mass is 205 g/mol. The molecule has 4 heteroatoms. The van der Waals surface area contributed by atoms with Crippen LogP contribution in [-0.2, 0) is 12.6 Å². The molecule has 0 atom stereocenters. The van der Waals surface area contributed by atoms with Gasteiger partial charge in [-0.15, -0.1) is 0 Å². The molecular formula is C3H6NRbS2. The first-order chi connectivity index (χ1) is 2.64. The van der Waals surface area contributed by atoms with Gasteiger partial charge in [-0.2, -0.15) is 0 Å². The molecule has 36 valence electrons. The average molecular weight is 206 g/mol. The van der Waals surface area contributed by atoms with E-state index in [4.69, 9.17) is 0 Å². The molecule has 0 bridgehead atoms. The summed E-state index contributed by atoms with van der Waals surface area (Å²) in [6.07, 6.45) is 0. The number of rotatable bonds is 0. The van der Waals surface area contributed by atoms with E-state index in [1.54, 1.807) is 4.90 Å². The van der Waals surface area contributed by atoms with E-state index in [0.717, 1.165) is 0 Å². The molecule has 0 aromatic heterocycles. The molecule has 0 aromatic rings. The zero-order valence-electron chi connectivity index (χ0n) is 4.76. The predicted molar refractivity (Wildman–Crippen MR) is 33.6 cm³/mol. The van der Waals surface area contributed by atoms with Crippen molar-refractivity contribution in [1.82, 2.24) is 4.90 Å². The van der Waals surface area contributed by atoms with E-state index in [2.05, 4.69) is 24.8 Å². The van der Waals surface area contributed by atoms with Crippen molar-refractivity contribution in [1.29, 1.82) is 0 Å². The van der Waals surface area contributed by atoms with E-state index in [1.807, 2.05) is 14.1 Å². The molecule has 0 radical (unpaired) electrons. The second kappa shape index (κ2) is 6.04. The second-order valence-corrected chi connectivity index (χ2v) is 2.19. The van der Waals surface area contributed by atoms with Crippen LogP contribution in [0.2, 0.25) is 0 Å². The fourth-order valence-corrected chi connectivity index (χ4v) is 0. The van der Waals surface area contributed by atoms with Crippen molar-refractivity contribution in [2.45, 2.75) is 0 Å². The van der Waals surface area contributed by atoms with Crippen molar-refractivity contribution in [2.75, 3.05) is 14.1 Å². The van der Waals surface area contributed by atoms with Crippen LogP contribution in [0.3, 0.4) is 0 Å². The van der Waals surface area contributed by atoms with Gasteiger partial charge in [0.05, 0.1) is 0 Å². The topological polar surface area (TPSA) is 3.24 Å². The van der Waals surface area contributed by atoms with Gasteiger partial charge in [0.2, 0.25) is 0 Å². The smallest absolute Gasteiger partial charge is 0.411 e. The minimum absolute atomic E-state index is 0. The van der Waals surface area contributed by atoms with E-state index in [9.17, 15) is 0 Å². The molecule has 0 saturated carbocycles. The molecule has 7 heavy (non-hydrogen) atoms. The SMILES string of the molecule is CN(C)C(=S)[S-].[Rb+]. The summed E-state index contributed by atoms with van der Waals surface area (Å²) < 4.78 is 0.509. The van der Waals surface area contributed by atoms with Gasteiger partial charge in [0.15, 0.2) is 0 Å². The van der Waals surface area contributed by atoms with Gasteiger partial charge in [0.25, 0.3) is 0 Å². The van der Waals surface area contributed by atoms with Crippen molar-refractivity contribution in [3.8, 4) is 0 Å². The number of thiocarbonyl (C=S) groups is 1. The van der Waals surface area contributed by atoms with Crippen LogP contribution in [0.1, 0.15) is 0 Å². The van der Waals surface area contributed by atoms with Crippen LogP contribution in [0.4, 0.5) is 0 Å². The van der Waals surface area contributed by atoms with Gasteiger partial charge in [-0.25, -0.2) is 0 Å². The van der Waals surface area contributed by atoms with E-state index < -0.39 is 0 Å². The van der Waals surface area contributed by atoms with Crippen molar-refractivity contribution >= 4 is 29.2 Å². The van der Waals surface area contributed by atoms with Gasteiger partial charge in [-0.1, -0.05) is 4.32 Å². The van der Waals surface area contributed by atoms with Gasteiger partial charge in [-0.05, 0) is 0 Å². The minimum Gasteiger partial charge on any atom is -0.411 e. The largest absolute Gasteiger partial charge is 1.00 e. The molecule has 0 fully saturated rings. The van der Waals surface area contributed by atoms with E-state index in [-0.39, 0.29) is 58.2 Å². The van der Waals surface area contributed by atoms with Gasteiger partial charge < -0.3 is 29.7 Å². The molecule has 0 unspecified atom stereocenters. The summed E-state index contributed by atoms with van der Waals surface area (Å²) >= 11 is 9.12. The molecule has 1 nitrogen and oxygen atoms in total. The summed E-state index contributed by atoms with van der Waals surface area (Å²) in [6.45, 7) is 0. The van der Waals surface area contributed by atoms with Crippen LogP contribution in [-0.4, -0.2) is 23.3 Å². The normalized spacial score (nSPS) is 6.57. The second-order valence-electron chi connectivity index (χ2n) is 1.16. The summed E-state index contributed by atoms with van der Waals surface area (Å²) in [5.74, 6) is 0. The summed E-state index contributed by atoms with van der Waals surface area (Å²) in [5, 5.41) is 0. The minimum atomic E-state index is 0. The maximum atomic E-state index is 4.56. The van der Waals surface area contributed by atoms with Crippen LogP contribution in [0.15, 0.2) is 0 Å². The molecule has 0 aliphatic carbocycles. The van der Waals surface area contributed by atoms with Crippen LogP contribution < -0.4 is 58.2 Å². The third kappa shape index (κ3) is 7.92. The van der Waals surface area contributed by atoms with Crippen LogP contribution in [0, 0.1) is 0 Å². The molecule has 0 heterocycles. The summed E-state index contributed by atoms with van der Waals surface area (Å²) in [4.78, 5) is 1.71. The Kier molecular flexibility index (Phi) is 10.1. The van der Waals surface area contributed by atoms with E-state index in [1.165, 1.54) is 0 Å². The molecule has 0 saturated heterocycles. The fourth-order valence-electron chi connectivity index (χ4n) is 0. The van der Waals surface area contributed by atoms with E-state index >= 15 is 0 Å². The molecular weight excluding hydrogens is 200 g/mol.